The lowest BCUT2D eigenvalue weighted by atomic mass is 9.95. The summed E-state index contributed by atoms with van der Waals surface area (Å²) in [6.45, 7) is 7.71. The molecule has 0 bridgehead atoms. The summed E-state index contributed by atoms with van der Waals surface area (Å²) in [6.07, 6.45) is 9.11. The Kier molecular flexibility index (Phi) is 10.6. The molecule has 96 valence electrons. The lowest BCUT2D eigenvalue weighted by molar-refractivity contribution is 0.00352. The van der Waals surface area contributed by atoms with Gasteiger partial charge in [-0.25, -0.2) is 4.39 Å². The number of rotatable bonds is 11. The first-order chi connectivity index (χ1) is 7.74. The van der Waals surface area contributed by atoms with Gasteiger partial charge in [0.25, 0.3) is 0 Å². The first kappa shape index (κ1) is 15.5. The Bertz CT molecular complexity index is 159. The Morgan fingerprint density at radius 1 is 1.19 bits per heavy atom. The van der Waals surface area contributed by atoms with E-state index in [9.17, 15) is 4.39 Å². The second kappa shape index (κ2) is 11.0. The van der Waals surface area contributed by atoms with Crippen molar-refractivity contribution in [2.24, 2.45) is 5.92 Å². The summed E-state index contributed by atoms with van der Waals surface area (Å²) >= 11 is 0. The number of hydrogen-bond donors (Lipinski definition) is 0. The number of ether oxygens (including phenoxy) is 1. The zero-order chi connectivity index (χ0) is 12.2. The van der Waals surface area contributed by atoms with Crippen LogP contribution in [0.2, 0.25) is 0 Å². The van der Waals surface area contributed by atoms with Crippen molar-refractivity contribution in [2.75, 3.05) is 0 Å². The Balaban J connectivity index is 3.54. The van der Waals surface area contributed by atoms with E-state index in [2.05, 4.69) is 20.4 Å². The molecule has 2 heteroatoms. The van der Waals surface area contributed by atoms with E-state index in [4.69, 9.17) is 4.74 Å². The third-order valence-corrected chi connectivity index (χ3v) is 3.06. The van der Waals surface area contributed by atoms with Gasteiger partial charge in [0.05, 0.1) is 6.26 Å². The molecule has 0 aliphatic heterocycles. The molecular weight excluding hydrogens is 203 g/mol. The Labute approximate surface area is 100 Å². The highest BCUT2D eigenvalue weighted by molar-refractivity contribution is 4.62. The van der Waals surface area contributed by atoms with E-state index in [-0.39, 0.29) is 0 Å². The van der Waals surface area contributed by atoms with Crippen molar-refractivity contribution in [3.8, 4) is 0 Å². The van der Waals surface area contributed by atoms with E-state index in [1.807, 2.05) is 0 Å². The number of alkyl halides is 1. The zero-order valence-corrected chi connectivity index (χ0v) is 10.9. The molecule has 0 amide bonds. The smallest absolute Gasteiger partial charge is 0.237 e. The third-order valence-electron chi connectivity index (χ3n) is 3.06. The van der Waals surface area contributed by atoms with Gasteiger partial charge in [0.1, 0.15) is 0 Å². The highest BCUT2D eigenvalue weighted by Gasteiger charge is 2.13. The van der Waals surface area contributed by atoms with Crippen LogP contribution in [0.5, 0.6) is 0 Å². The summed E-state index contributed by atoms with van der Waals surface area (Å²) in [5, 5.41) is 0. The summed E-state index contributed by atoms with van der Waals surface area (Å²) in [4.78, 5) is 0. The number of halogens is 1. The molecule has 0 aliphatic carbocycles. The minimum Gasteiger partial charge on any atom is -0.469 e. The van der Waals surface area contributed by atoms with Crippen molar-refractivity contribution < 1.29 is 9.13 Å². The van der Waals surface area contributed by atoms with E-state index in [0.717, 1.165) is 12.8 Å². The van der Waals surface area contributed by atoms with Gasteiger partial charge in [-0.15, -0.1) is 0 Å². The van der Waals surface area contributed by atoms with Crippen LogP contribution < -0.4 is 0 Å². The second-order valence-corrected chi connectivity index (χ2v) is 4.43. The molecule has 0 aromatic carbocycles. The quantitative estimate of drug-likeness (QED) is 0.349. The van der Waals surface area contributed by atoms with Crippen LogP contribution in [0.25, 0.3) is 0 Å². The van der Waals surface area contributed by atoms with Crippen LogP contribution in [0.1, 0.15) is 65.2 Å². The minimum absolute atomic E-state index is 0.455. The standard InChI is InChI=1S/C14H27FO/c1-4-7-8-9-10-11-13(5-2)12-14(15)16-6-3/h6,13-14H,3-5,7-12H2,1-2H3. The highest BCUT2D eigenvalue weighted by Crippen LogP contribution is 2.21. The van der Waals surface area contributed by atoms with Crippen LogP contribution >= 0.6 is 0 Å². The Morgan fingerprint density at radius 3 is 2.44 bits per heavy atom. The minimum atomic E-state index is -1.17. The van der Waals surface area contributed by atoms with Crippen molar-refractivity contribution in [1.29, 1.82) is 0 Å². The molecule has 0 saturated carbocycles. The molecule has 0 aromatic heterocycles. The van der Waals surface area contributed by atoms with E-state index >= 15 is 0 Å². The van der Waals surface area contributed by atoms with Crippen LogP contribution in [0.4, 0.5) is 4.39 Å². The lowest BCUT2D eigenvalue weighted by Crippen LogP contribution is -2.10. The monoisotopic (exact) mass is 230 g/mol. The van der Waals surface area contributed by atoms with Gasteiger partial charge in [-0.05, 0) is 5.92 Å². The van der Waals surface area contributed by atoms with Crippen molar-refractivity contribution >= 4 is 0 Å². The SMILES string of the molecule is C=COC(F)CC(CC)CCCCCCC. The van der Waals surface area contributed by atoms with Crippen molar-refractivity contribution in [2.45, 2.75) is 71.6 Å². The number of hydrogen-bond acceptors (Lipinski definition) is 1. The molecule has 0 N–H and O–H groups in total. The van der Waals surface area contributed by atoms with Gasteiger partial charge in [-0.1, -0.05) is 65.4 Å². The van der Waals surface area contributed by atoms with Gasteiger partial charge in [0.15, 0.2) is 0 Å². The second-order valence-electron chi connectivity index (χ2n) is 4.43. The fourth-order valence-electron chi connectivity index (χ4n) is 1.95. The molecule has 0 fully saturated rings. The van der Waals surface area contributed by atoms with Gasteiger partial charge in [-0.3, -0.25) is 0 Å². The van der Waals surface area contributed by atoms with Gasteiger partial charge in [0.2, 0.25) is 6.36 Å². The maximum Gasteiger partial charge on any atom is 0.237 e. The largest absolute Gasteiger partial charge is 0.469 e. The third kappa shape index (κ3) is 8.75. The molecule has 0 aromatic rings. The molecule has 0 spiro atoms. The molecule has 0 heterocycles. The summed E-state index contributed by atoms with van der Waals surface area (Å²) in [5.41, 5.74) is 0. The first-order valence-corrected chi connectivity index (χ1v) is 6.65. The zero-order valence-electron chi connectivity index (χ0n) is 10.9. The van der Waals surface area contributed by atoms with Gasteiger partial charge in [-0.2, -0.15) is 0 Å². The van der Waals surface area contributed by atoms with Crippen molar-refractivity contribution in [3.05, 3.63) is 12.8 Å². The average Bonchev–Trinajstić information content (AvgIpc) is 2.27. The summed E-state index contributed by atoms with van der Waals surface area (Å²) in [6, 6.07) is 0. The lowest BCUT2D eigenvalue weighted by Gasteiger charge is -2.16. The van der Waals surface area contributed by atoms with Gasteiger partial charge >= 0.3 is 0 Å². The van der Waals surface area contributed by atoms with E-state index in [0.29, 0.717) is 12.3 Å². The number of unbranched alkanes of at least 4 members (excludes halogenated alkanes) is 4. The van der Waals surface area contributed by atoms with E-state index in [1.54, 1.807) is 0 Å². The molecule has 1 nitrogen and oxygen atoms in total. The van der Waals surface area contributed by atoms with Crippen LogP contribution in [0.15, 0.2) is 12.8 Å². The molecule has 0 aliphatic rings. The van der Waals surface area contributed by atoms with Crippen molar-refractivity contribution in [3.63, 3.8) is 0 Å². The van der Waals surface area contributed by atoms with Crippen LogP contribution in [0, 0.1) is 5.92 Å². The van der Waals surface area contributed by atoms with Crippen LogP contribution in [-0.4, -0.2) is 6.36 Å². The molecule has 0 saturated heterocycles. The summed E-state index contributed by atoms with van der Waals surface area (Å²) in [7, 11) is 0. The molecule has 16 heavy (non-hydrogen) atoms. The normalized spacial score (nSPS) is 14.4. The maximum absolute atomic E-state index is 13.2. The molecule has 2 atom stereocenters. The molecular formula is C14H27FO. The first-order valence-electron chi connectivity index (χ1n) is 6.65. The van der Waals surface area contributed by atoms with Gasteiger partial charge in [0, 0.05) is 6.42 Å². The fourth-order valence-corrected chi connectivity index (χ4v) is 1.95. The van der Waals surface area contributed by atoms with Crippen LogP contribution in [0.3, 0.4) is 0 Å². The molecule has 0 radical (unpaired) electrons. The van der Waals surface area contributed by atoms with Gasteiger partial charge < -0.3 is 4.74 Å². The Hall–Kier alpha value is -0.530. The van der Waals surface area contributed by atoms with Crippen LogP contribution in [-0.2, 0) is 4.74 Å². The predicted octanol–water partition coefficient (Wildman–Crippen LogP) is 5.22. The molecule has 2 unspecified atom stereocenters. The summed E-state index contributed by atoms with van der Waals surface area (Å²) < 4.78 is 17.9. The fraction of sp³-hybridized carbons (Fsp3) is 0.857. The van der Waals surface area contributed by atoms with E-state index < -0.39 is 6.36 Å². The van der Waals surface area contributed by atoms with E-state index in [1.165, 1.54) is 38.4 Å². The maximum atomic E-state index is 13.2. The Morgan fingerprint density at radius 2 is 1.88 bits per heavy atom. The van der Waals surface area contributed by atoms with Crippen molar-refractivity contribution in [1.82, 2.24) is 0 Å². The topological polar surface area (TPSA) is 9.23 Å². The summed E-state index contributed by atoms with van der Waals surface area (Å²) in [5.74, 6) is 0.455. The highest BCUT2D eigenvalue weighted by atomic mass is 19.1. The molecule has 0 rings (SSSR count). The predicted molar refractivity (Wildman–Crippen MR) is 68.0 cm³/mol. The average molecular weight is 230 g/mol.